The van der Waals surface area contributed by atoms with Crippen LogP contribution in [0.1, 0.15) is 43.8 Å². The Hall–Kier alpha value is -1.23. The highest BCUT2D eigenvalue weighted by atomic mass is 19.1. The largest absolute Gasteiger partial charge is 0.373 e. The Kier molecular flexibility index (Phi) is 4.11. The normalized spacial score (nSPS) is 16.7. The highest BCUT2D eigenvalue weighted by Gasteiger charge is 2.35. The summed E-state index contributed by atoms with van der Waals surface area (Å²) in [5.41, 5.74) is 0.376. The van der Waals surface area contributed by atoms with Gasteiger partial charge < -0.3 is 10.1 Å². The van der Waals surface area contributed by atoms with Crippen molar-refractivity contribution in [1.82, 2.24) is 9.97 Å². The molecule has 0 saturated heterocycles. The fourth-order valence-electron chi connectivity index (χ4n) is 1.98. The number of nitrogens with one attached hydrogen (secondary N) is 1. The average molecular weight is 253 g/mol. The third kappa shape index (κ3) is 2.77. The van der Waals surface area contributed by atoms with Crippen molar-refractivity contribution in [3.8, 4) is 0 Å². The maximum absolute atomic E-state index is 13.9. The zero-order valence-corrected chi connectivity index (χ0v) is 11.2. The van der Waals surface area contributed by atoms with Crippen LogP contribution in [-0.2, 0) is 4.74 Å². The SMILES string of the molecule is CCCNc1nc(C(OC)C2CC2)nc(C)c1F. The molecule has 5 heteroatoms. The van der Waals surface area contributed by atoms with Crippen molar-refractivity contribution in [2.45, 2.75) is 39.2 Å². The molecule has 0 bridgehead atoms. The standard InChI is InChI=1S/C13H20FN3O/c1-4-7-15-12-10(14)8(2)16-13(17-12)11(18-3)9-5-6-9/h9,11H,4-7H2,1-3H3,(H,15,16,17). The fraction of sp³-hybridized carbons (Fsp3) is 0.692. The lowest BCUT2D eigenvalue weighted by Crippen LogP contribution is -2.14. The van der Waals surface area contributed by atoms with Gasteiger partial charge in [-0.1, -0.05) is 6.92 Å². The number of ether oxygens (including phenoxy) is 1. The quantitative estimate of drug-likeness (QED) is 0.846. The van der Waals surface area contributed by atoms with Crippen molar-refractivity contribution < 1.29 is 9.13 Å². The highest BCUT2D eigenvalue weighted by Crippen LogP contribution is 2.42. The van der Waals surface area contributed by atoms with E-state index in [9.17, 15) is 4.39 Å². The van der Waals surface area contributed by atoms with Crippen LogP contribution in [0.25, 0.3) is 0 Å². The molecule has 1 N–H and O–H groups in total. The number of hydrogen-bond donors (Lipinski definition) is 1. The van der Waals surface area contributed by atoms with Crippen LogP contribution in [0.4, 0.5) is 10.2 Å². The van der Waals surface area contributed by atoms with Gasteiger partial charge in [0.2, 0.25) is 0 Å². The molecule has 0 spiro atoms. The second-order valence-corrected chi connectivity index (χ2v) is 4.75. The van der Waals surface area contributed by atoms with Crippen LogP contribution in [0.2, 0.25) is 0 Å². The molecule has 1 unspecified atom stereocenters. The third-order valence-corrected chi connectivity index (χ3v) is 3.14. The molecular weight excluding hydrogens is 233 g/mol. The fourth-order valence-corrected chi connectivity index (χ4v) is 1.98. The molecule has 18 heavy (non-hydrogen) atoms. The summed E-state index contributed by atoms with van der Waals surface area (Å²) in [7, 11) is 1.66. The van der Waals surface area contributed by atoms with Crippen LogP contribution in [0.5, 0.6) is 0 Å². The van der Waals surface area contributed by atoms with E-state index >= 15 is 0 Å². The van der Waals surface area contributed by atoms with E-state index in [4.69, 9.17) is 4.74 Å². The number of aromatic nitrogens is 2. The lowest BCUT2D eigenvalue weighted by atomic mass is 10.2. The van der Waals surface area contributed by atoms with Crippen molar-refractivity contribution in [2.75, 3.05) is 19.0 Å². The van der Waals surface area contributed by atoms with E-state index in [1.165, 1.54) is 0 Å². The topological polar surface area (TPSA) is 47.0 Å². The summed E-state index contributed by atoms with van der Waals surface area (Å²) in [5, 5.41) is 3.00. The number of aryl methyl sites for hydroxylation is 1. The monoisotopic (exact) mass is 253 g/mol. The first-order valence-electron chi connectivity index (χ1n) is 6.48. The van der Waals surface area contributed by atoms with E-state index in [-0.39, 0.29) is 11.9 Å². The molecule has 1 fully saturated rings. The van der Waals surface area contributed by atoms with Crippen molar-refractivity contribution >= 4 is 5.82 Å². The van der Waals surface area contributed by atoms with Crippen LogP contribution in [0.3, 0.4) is 0 Å². The molecule has 0 aliphatic heterocycles. The Morgan fingerprint density at radius 2 is 2.17 bits per heavy atom. The Balaban J connectivity index is 2.27. The summed E-state index contributed by atoms with van der Waals surface area (Å²) in [6.45, 7) is 4.40. The molecule has 1 aliphatic carbocycles. The lowest BCUT2D eigenvalue weighted by Gasteiger charge is -2.15. The van der Waals surface area contributed by atoms with Crippen LogP contribution in [0, 0.1) is 18.7 Å². The minimum absolute atomic E-state index is 0.105. The molecule has 1 aromatic heterocycles. The van der Waals surface area contributed by atoms with Crippen LogP contribution in [0.15, 0.2) is 0 Å². The molecule has 1 aromatic rings. The van der Waals surface area contributed by atoms with Crippen molar-refractivity contribution in [3.63, 3.8) is 0 Å². The summed E-state index contributed by atoms with van der Waals surface area (Å²) in [5.74, 6) is 1.01. The maximum atomic E-state index is 13.9. The van der Waals surface area contributed by atoms with Crippen molar-refractivity contribution in [1.29, 1.82) is 0 Å². The van der Waals surface area contributed by atoms with E-state index in [0.717, 1.165) is 19.3 Å². The van der Waals surface area contributed by atoms with Crippen molar-refractivity contribution in [3.05, 3.63) is 17.3 Å². The van der Waals surface area contributed by atoms with Gasteiger partial charge in [-0.3, -0.25) is 0 Å². The number of halogens is 1. The van der Waals surface area contributed by atoms with Crippen LogP contribution in [-0.4, -0.2) is 23.6 Å². The summed E-state index contributed by atoms with van der Waals surface area (Å²) in [6.07, 6.45) is 3.09. The number of nitrogens with zero attached hydrogens (tertiary/aromatic N) is 2. The molecule has 0 radical (unpaired) electrons. The number of hydrogen-bond acceptors (Lipinski definition) is 4. The minimum atomic E-state index is -0.363. The average Bonchev–Trinajstić information content (AvgIpc) is 3.17. The first kappa shape index (κ1) is 13.2. The third-order valence-electron chi connectivity index (χ3n) is 3.14. The minimum Gasteiger partial charge on any atom is -0.373 e. The smallest absolute Gasteiger partial charge is 0.186 e. The summed E-state index contributed by atoms with van der Waals surface area (Å²) >= 11 is 0. The second kappa shape index (κ2) is 5.61. The number of anilines is 1. The van der Waals surface area contributed by atoms with Gasteiger partial charge in [-0.25, -0.2) is 14.4 Å². The van der Waals surface area contributed by atoms with E-state index in [2.05, 4.69) is 15.3 Å². The zero-order chi connectivity index (χ0) is 13.1. The Labute approximate surface area is 107 Å². The van der Waals surface area contributed by atoms with Crippen LogP contribution < -0.4 is 5.32 Å². The zero-order valence-electron chi connectivity index (χ0n) is 11.2. The predicted octanol–water partition coefficient (Wildman–Crippen LogP) is 2.84. The lowest BCUT2D eigenvalue weighted by molar-refractivity contribution is 0.0770. The first-order valence-corrected chi connectivity index (χ1v) is 6.48. The Morgan fingerprint density at radius 3 is 2.72 bits per heavy atom. The number of rotatable bonds is 6. The molecule has 1 atom stereocenters. The summed E-state index contributed by atoms with van der Waals surface area (Å²) < 4.78 is 19.3. The summed E-state index contributed by atoms with van der Waals surface area (Å²) in [4.78, 5) is 8.50. The molecule has 100 valence electrons. The molecule has 1 heterocycles. The molecule has 1 saturated carbocycles. The van der Waals surface area contributed by atoms with Gasteiger partial charge in [0.15, 0.2) is 17.5 Å². The predicted molar refractivity (Wildman–Crippen MR) is 68.0 cm³/mol. The van der Waals surface area contributed by atoms with Gasteiger partial charge in [0.1, 0.15) is 6.10 Å². The van der Waals surface area contributed by atoms with E-state index in [1.807, 2.05) is 6.92 Å². The Bertz CT molecular complexity index is 421. The number of methoxy groups -OCH3 is 1. The van der Waals surface area contributed by atoms with Gasteiger partial charge >= 0.3 is 0 Å². The van der Waals surface area contributed by atoms with E-state index in [0.29, 0.717) is 29.8 Å². The molecule has 0 amide bonds. The summed E-state index contributed by atoms with van der Waals surface area (Å²) in [6, 6.07) is 0. The maximum Gasteiger partial charge on any atom is 0.186 e. The van der Waals surface area contributed by atoms with Gasteiger partial charge in [0, 0.05) is 13.7 Å². The van der Waals surface area contributed by atoms with Gasteiger partial charge in [0.25, 0.3) is 0 Å². The van der Waals surface area contributed by atoms with Gasteiger partial charge in [0.05, 0.1) is 5.69 Å². The molecule has 2 rings (SSSR count). The molecular formula is C13H20FN3O. The molecule has 0 aromatic carbocycles. The second-order valence-electron chi connectivity index (χ2n) is 4.75. The van der Waals surface area contributed by atoms with Gasteiger partial charge in [-0.05, 0) is 32.1 Å². The first-order chi connectivity index (χ1) is 8.67. The highest BCUT2D eigenvalue weighted by molar-refractivity contribution is 5.38. The molecule has 4 nitrogen and oxygen atoms in total. The Morgan fingerprint density at radius 1 is 1.44 bits per heavy atom. The van der Waals surface area contributed by atoms with E-state index < -0.39 is 0 Å². The molecule has 1 aliphatic rings. The van der Waals surface area contributed by atoms with E-state index in [1.54, 1.807) is 14.0 Å². The van der Waals surface area contributed by atoms with Crippen LogP contribution >= 0.6 is 0 Å². The van der Waals surface area contributed by atoms with Gasteiger partial charge in [-0.2, -0.15) is 0 Å². The van der Waals surface area contributed by atoms with Crippen molar-refractivity contribution in [2.24, 2.45) is 5.92 Å². The van der Waals surface area contributed by atoms with Gasteiger partial charge in [-0.15, -0.1) is 0 Å².